The molecule has 7 nitrogen and oxygen atoms in total. The lowest BCUT2D eigenvalue weighted by Gasteiger charge is -2.33. The Kier molecular flexibility index (Phi) is 5.98. The molecule has 0 spiro atoms. The normalized spacial score (nSPS) is 18.4. The molecule has 1 unspecified atom stereocenters. The number of benzene rings is 1. The van der Waals surface area contributed by atoms with Crippen molar-refractivity contribution >= 4 is 15.9 Å². The van der Waals surface area contributed by atoms with Gasteiger partial charge in [-0.3, -0.25) is 9.69 Å². The molecule has 1 amide bonds. The van der Waals surface area contributed by atoms with Gasteiger partial charge < -0.3 is 9.88 Å². The molecule has 0 aliphatic carbocycles. The standard InChI is InChI=1S/C19H26N4O3S/c1-20-27(25,26)17-11-18(22(2)14-17)19(24)21-16-9-6-10-23(13-16)12-15-7-4-3-5-8-15/h3-5,7-8,11,14,16,20H,6,9-10,12-13H2,1-2H3,(H,21,24). The van der Waals surface area contributed by atoms with Crippen LogP contribution >= 0.6 is 0 Å². The fraction of sp³-hybridized carbons (Fsp3) is 0.421. The van der Waals surface area contributed by atoms with Gasteiger partial charge in [0.2, 0.25) is 10.0 Å². The molecular weight excluding hydrogens is 364 g/mol. The van der Waals surface area contributed by atoms with Crippen LogP contribution in [-0.2, 0) is 23.6 Å². The van der Waals surface area contributed by atoms with Crippen LogP contribution in [0.3, 0.4) is 0 Å². The first-order chi connectivity index (χ1) is 12.9. The Morgan fingerprint density at radius 1 is 1.26 bits per heavy atom. The van der Waals surface area contributed by atoms with Crippen LogP contribution in [0.25, 0.3) is 0 Å². The van der Waals surface area contributed by atoms with Crippen molar-refractivity contribution in [2.45, 2.75) is 30.3 Å². The van der Waals surface area contributed by atoms with Gasteiger partial charge in [0, 0.05) is 32.4 Å². The lowest BCUT2D eigenvalue weighted by Crippen LogP contribution is -2.47. The van der Waals surface area contributed by atoms with Crippen LogP contribution < -0.4 is 10.0 Å². The van der Waals surface area contributed by atoms with Gasteiger partial charge in [-0.1, -0.05) is 30.3 Å². The quantitative estimate of drug-likeness (QED) is 0.779. The summed E-state index contributed by atoms with van der Waals surface area (Å²) in [5.41, 5.74) is 1.60. The first kappa shape index (κ1) is 19.6. The highest BCUT2D eigenvalue weighted by Crippen LogP contribution is 2.16. The third kappa shape index (κ3) is 4.77. The van der Waals surface area contributed by atoms with Crippen LogP contribution in [0.15, 0.2) is 47.5 Å². The van der Waals surface area contributed by atoms with E-state index in [4.69, 9.17) is 0 Å². The third-order valence-corrected chi connectivity index (χ3v) is 6.26. The van der Waals surface area contributed by atoms with E-state index in [1.807, 2.05) is 18.2 Å². The number of nitrogens with one attached hydrogen (secondary N) is 2. The second kappa shape index (κ2) is 8.24. The molecule has 1 aromatic heterocycles. The van der Waals surface area contributed by atoms with E-state index in [9.17, 15) is 13.2 Å². The molecule has 3 rings (SSSR count). The first-order valence-electron chi connectivity index (χ1n) is 9.06. The highest BCUT2D eigenvalue weighted by molar-refractivity contribution is 7.89. The van der Waals surface area contributed by atoms with Gasteiger partial charge >= 0.3 is 0 Å². The predicted molar refractivity (Wildman–Crippen MR) is 104 cm³/mol. The van der Waals surface area contributed by atoms with Crippen molar-refractivity contribution in [1.29, 1.82) is 0 Å². The molecule has 0 radical (unpaired) electrons. The Balaban J connectivity index is 1.64. The first-order valence-corrected chi connectivity index (χ1v) is 10.5. The van der Waals surface area contributed by atoms with Crippen LogP contribution in [0.1, 0.15) is 28.9 Å². The van der Waals surface area contributed by atoms with Crippen molar-refractivity contribution in [3.05, 3.63) is 53.9 Å². The van der Waals surface area contributed by atoms with Crippen LogP contribution in [0.4, 0.5) is 0 Å². The third-order valence-electron chi connectivity index (χ3n) is 4.88. The molecule has 1 aliphatic rings. The van der Waals surface area contributed by atoms with E-state index < -0.39 is 10.0 Å². The number of piperidine rings is 1. The summed E-state index contributed by atoms with van der Waals surface area (Å²) in [6.45, 7) is 2.66. The SMILES string of the molecule is CNS(=O)(=O)c1cc(C(=O)NC2CCCN(Cc3ccccc3)C2)n(C)c1. The number of nitrogens with zero attached hydrogens (tertiary/aromatic N) is 2. The molecule has 1 saturated heterocycles. The number of amides is 1. The van der Waals surface area contributed by atoms with Crippen LogP contribution in [0, 0.1) is 0 Å². The summed E-state index contributed by atoms with van der Waals surface area (Å²) in [6.07, 6.45) is 3.39. The summed E-state index contributed by atoms with van der Waals surface area (Å²) in [6, 6.07) is 11.7. The number of hydrogen-bond acceptors (Lipinski definition) is 4. The number of carbonyl (C=O) groups is 1. The van der Waals surface area contributed by atoms with E-state index >= 15 is 0 Å². The molecule has 146 valence electrons. The van der Waals surface area contributed by atoms with Gasteiger partial charge in [-0.15, -0.1) is 0 Å². The van der Waals surface area contributed by atoms with Gasteiger partial charge in [0.1, 0.15) is 10.6 Å². The largest absolute Gasteiger partial charge is 0.347 e. The van der Waals surface area contributed by atoms with Gasteiger partial charge in [-0.05, 0) is 38.1 Å². The minimum Gasteiger partial charge on any atom is -0.347 e. The minimum atomic E-state index is -3.57. The molecule has 2 heterocycles. The van der Waals surface area contributed by atoms with Crippen LogP contribution in [0.5, 0.6) is 0 Å². The highest BCUT2D eigenvalue weighted by Gasteiger charge is 2.24. The van der Waals surface area contributed by atoms with Crippen molar-refractivity contribution in [2.24, 2.45) is 7.05 Å². The van der Waals surface area contributed by atoms with Crippen molar-refractivity contribution in [2.75, 3.05) is 20.1 Å². The average Bonchev–Trinajstić information content (AvgIpc) is 3.06. The summed E-state index contributed by atoms with van der Waals surface area (Å²) < 4.78 is 27.7. The molecule has 1 atom stereocenters. The highest BCUT2D eigenvalue weighted by atomic mass is 32.2. The zero-order valence-electron chi connectivity index (χ0n) is 15.7. The number of aryl methyl sites for hydroxylation is 1. The van der Waals surface area contributed by atoms with E-state index in [2.05, 4.69) is 27.1 Å². The smallest absolute Gasteiger partial charge is 0.268 e. The second-order valence-corrected chi connectivity index (χ2v) is 8.80. The van der Waals surface area contributed by atoms with Gasteiger partial charge in [-0.2, -0.15) is 0 Å². The maximum absolute atomic E-state index is 12.7. The fourth-order valence-electron chi connectivity index (χ4n) is 3.44. The maximum atomic E-state index is 12.7. The average molecular weight is 391 g/mol. The Morgan fingerprint density at radius 2 is 2.00 bits per heavy atom. The zero-order chi connectivity index (χ0) is 19.4. The summed E-state index contributed by atoms with van der Waals surface area (Å²) in [5, 5.41) is 3.06. The molecule has 2 N–H and O–H groups in total. The van der Waals surface area contributed by atoms with Gasteiger partial charge in [0.05, 0.1) is 0 Å². The molecule has 1 aliphatic heterocycles. The predicted octanol–water partition coefficient (Wildman–Crippen LogP) is 1.33. The van der Waals surface area contributed by atoms with Gasteiger partial charge in [0.25, 0.3) is 5.91 Å². The van der Waals surface area contributed by atoms with Crippen molar-refractivity contribution in [3.63, 3.8) is 0 Å². The number of hydrogen-bond donors (Lipinski definition) is 2. The number of aromatic nitrogens is 1. The molecule has 1 fully saturated rings. The lowest BCUT2D eigenvalue weighted by molar-refractivity contribution is 0.0892. The zero-order valence-corrected chi connectivity index (χ0v) is 16.5. The molecule has 27 heavy (non-hydrogen) atoms. The Bertz CT molecular complexity index is 893. The molecular formula is C19H26N4O3S. The second-order valence-electron chi connectivity index (χ2n) is 6.91. The summed E-state index contributed by atoms with van der Waals surface area (Å²) in [4.78, 5) is 15.1. The van der Waals surface area contributed by atoms with Gasteiger partial charge in [0.15, 0.2) is 0 Å². The lowest BCUT2D eigenvalue weighted by atomic mass is 10.0. The van der Waals surface area contributed by atoms with E-state index in [1.165, 1.54) is 24.9 Å². The van der Waals surface area contributed by atoms with E-state index in [0.29, 0.717) is 5.69 Å². The Hall–Kier alpha value is -2.16. The van der Waals surface area contributed by atoms with E-state index in [0.717, 1.165) is 32.5 Å². The fourth-order valence-corrected chi connectivity index (χ4v) is 4.24. The Labute approximate surface area is 160 Å². The van der Waals surface area contributed by atoms with E-state index in [-0.39, 0.29) is 16.8 Å². The summed E-state index contributed by atoms with van der Waals surface area (Å²) in [5.74, 6) is -0.249. The summed E-state index contributed by atoms with van der Waals surface area (Å²) >= 11 is 0. The topological polar surface area (TPSA) is 83.4 Å². The minimum absolute atomic E-state index is 0.0502. The molecule has 0 saturated carbocycles. The number of sulfonamides is 1. The monoisotopic (exact) mass is 390 g/mol. The van der Waals surface area contributed by atoms with Crippen molar-refractivity contribution < 1.29 is 13.2 Å². The van der Waals surface area contributed by atoms with Crippen molar-refractivity contribution in [1.82, 2.24) is 19.5 Å². The molecule has 0 bridgehead atoms. The number of likely N-dealkylation sites (tertiary alicyclic amines) is 1. The van der Waals surface area contributed by atoms with Crippen LogP contribution in [-0.4, -0.2) is 50.0 Å². The van der Waals surface area contributed by atoms with E-state index in [1.54, 1.807) is 11.6 Å². The van der Waals surface area contributed by atoms with Crippen LogP contribution in [0.2, 0.25) is 0 Å². The van der Waals surface area contributed by atoms with Crippen molar-refractivity contribution in [3.8, 4) is 0 Å². The molecule has 1 aromatic carbocycles. The summed E-state index contributed by atoms with van der Waals surface area (Å²) in [7, 11) is -0.543. The maximum Gasteiger partial charge on any atom is 0.268 e. The number of carbonyl (C=O) groups excluding carboxylic acids is 1. The molecule has 8 heteroatoms. The Morgan fingerprint density at radius 3 is 2.70 bits per heavy atom. The number of rotatable bonds is 6. The van der Waals surface area contributed by atoms with Gasteiger partial charge in [-0.25, -0.2) is 13.1 Å². The molecule has 2 aromatic rings.